The molecule has 0 saturated carbocycles. The third kappa shape index (κ3) is 2.43. The minimum absolute atomic E-state index is 0.192. The Kier molecular flexibility index (Phi) is 3.16. The Bertz CT molecular complexity index is 621. The fraction of sp³-hybridized carbons (Fsp3) is 0.500. The van der Waals surface area contributed by atoms with Gasteiger partial charge in [-0.3, -0.25) is 9.47 Å². The first-order valence-corrected chi connectivity index (χ1v) is 6.59. The molecule has 1 aromatic carbocycles. The molecule has 0 bridgehead atoms. The lowest BCUT2D eigenvalue weighted by Crippen LogP contribution is -2.46. The molecule has 2 heterocycles. The van der Waals surface area contributed by atoms with Crippen LogP contribution in [0.1, 0.15) is 13.8 Å². The minimum atomic E-state index is -0.298. The zero-order valence-electron chi connectivity index (χ0n) is 11.2. The highest BCUT2D eigenvalue weighted by Gasteiger charge is 2.23. The summed E-state index contributed by atoms with van der Waals surface area (Å²) in [7, 11) is 0. The average Bonchev–Trinajstić information content (AvgIpc) is 2.65. The predicted molar refractivity (Wildman–Crippen MR) is 72.1 cm³/mol. The number of fused-ring (bicyclic) bond motifs is 1. The molecule has 19 heavy (non-hydrogen) atoms. The monoisotopic (exact) mass is 262 g/mol. The van der Waals surface area contributed by atoms with E-state index in [0.717, 1.165) is 18.6 Å². The third-order valence-electron chi connectivity index (χ3n) is 3.41. The molecule has 0 radical (unpaired) electrons. The number of aromatic nitrogens is 1. The summed E-state index contributed by atoms with van der Waals surface area (Å²) in [5.41, 5.74) is 1.49. The highest BCUT2D eigenvalue weighted by atomic mass is 16.5. The van der Waals surface area contributed by atoms with Crippen LogP contribution < -0.4 is 5.76 Å². The maximum atomic E-state index is 11.9. The van der Waals surface area contributed by atoms with Crippen LogP contribution in [-0.4, -0.2) is 34.8 Å². The van der Waals surface area contributed by atoms with Gasteiger partial charge in [-0.15, -0.1) is 0 Å². The number of benzene rings is 1. The lowest BCUT2D eigenvalue weighted by Gasteiger charge is -2.35. The van der Waals surface area contributed by atoms with Gasteiger partial charge < -0.3 is 9.15 Å². The lowest BCUT2D eigenvalue weighted by molar-refractivity contribution is -0.0766. The van der Waals surface area contributed by atoms with Crippen molar-refractivity contribution in [2.24, 2.45) is 0 Å². The largest absolute Gasteiger partial charge is 0.421 e. The van der Waals surface area contributed by atoms with Gasteiger partial charge in [0.05, 0.1) is 24.4 Å². The van der Waals surface area contributed by atoms with E-state index in [-0.39, 0.29) is 18.0 Å². The van der Waals surface area contributed by atoms with E-state index < -0.39 is 0 Å². The van der Waals surface area contributed by atoms with Crippen molar-refractivity contribution in [2.75, 3.05) is 13.1 Å². The first-order chi connectivity index (χ1) is 9.13. The Morgan fingerprint density at radius 3 is 2.63 bits per heavy atom. The van der Waals surface area contributed by atoms with Gasteiger partial charge in [-0.05, 0) is 26.0 Å². The molecule has 0 amide bonds. The molecular weight excluding hydrogens is 244 g/mol. The van der Waals surface area contributed by atoms with Crippen molar-refractivity contribution in [2.45, 2.75) is 32.7 Å². The third-order valence-corrected chi connectivity index (χ3v) is 3.41. The normalized spacial score (nSPS) is 24.9. The Morgan fingerprint density at radius 1 is 1.21 bits per heavy atom. The smallest absolute Gasteiger partial charge is 0.408 e. The molecule has 3 rings (SSSR count). The number of nitrogens with zero attached hydrogens (tertiary/aromatic N) is 2. The molecule has 0 unspecified atom stereocenters. The van der Waals surface area contributed by atoms with Crippen molar-refractivity contribution in [3.8, 4) is 0 Å². The quantitative estimate of drug-likeness (QED) is 0.826. The highest BCUT2D eigenvalue weighted by molar-refractivity contribution is 5.72. The Morgan fingerprint density at radius 2 is 1.89 bits per heavy atom. The maximum Gasteiger partial charge on any atom is 0.421 e. The second-order valence-electron chi connectivity index (χ2n) is 5.20. The molecule has 1 aliphatic rings. The van der Waals surface area contributed by atoms with Crippen molar-refractivity contribution in [1.82, 2.24) is 9.47 Å². The molecule has 1 aromatic heterocycles. The average molecular weight is 262 g/mol. The summed E-state index contributed by atoms with van der Waals surface area (Å²) >= 11 is 0. The van der Waals surface area contributed by atoms with Crippen LogP contribution in [-0.2, 0) is 11.4 Å². The topological polar surface area (TPSA) is 47.6 Å². The van der Waals surface area contributed by atoms with Gasteiger partial charge in [0, 0.05) is 13.1 Å². The van der Waals surface area contributed by atoms with Crippen LogP contribution in [0.25, 0.3) is 11.1 Å². The predicted octanol–water partition coefficient (Wildman–Crippen LogP) is 1.66. The van der Waals surface area contributed by atoms with E-state index in [1.54, 1.807) is 4.57 Å². The van der Waals surface area contributed by atoms with Crippen LogP contribution in [0.5, 0.6) is 0 Å². The molecule has 1 fully saturated rings. The molecule has 5 heteroatoms. The zero-order chi connectivity index (χ0) is 13.4. The van der Waals surface area contributed by atoms with Crippen LogP contribution in [0, 0.1) is 0 Å². The number of rotatable bonds is 2. The first-order valence-electron chi connectivity index (χ1n) is 6.59. The van der Waals surface area contributed by atoms with Crippen LogP contribution in [0.3, 0.4) is 0 Å². The van der Waals surface area contributed by atoms with Gasteiger partial charge in [-0.2, -0.15) is 0 Å². The summed E-state index contributed by atoms with van der Waals surface area (Å²) in [6, 6.07) is 7.51. The van der Waals surface area contributed by atoms with E-state index in [1.165, 1.54) is 0 Å². The van der Waals surface area contributed by atoms with Gasteiger partial charge in [0.15, 0.2) is 5.58 Å². The molecule has 2 atom stereocenters. The zero-order valence-corrected chi connectivity index (χ0v) is 11.2. The van der Waals surface area contributed by atoms with E-state index in [9.17, 15) is 4.79 Å². The molecule has 0 spiro atoms. The molecule has 5 nitrogen and oxygen atoms in total. The molecule has 2 aromatic rings. The molecular formula is C14H18N2O3. The van der Waals surface area contributed by atoms with E-state index in [2.05, 4.69) is 18.7 Å². The van der Waals surface area contributed by atoms with Gasteiger partial charge in [0.2, 0.25) is 0 Å². The summed E-state index contributed by atoms with van der Waals surface area (Å²) in [6.07, 6.45) is 0.384. The van der Waals surface area contributed by atoms with Crippen molar-refractivity contribution in [3.05, 3.63) is 34.8 Å². The van der Waals surface area contributed by atoms with Crippen molar-refractivity contribution >= 4 is 11.1 Å². The summed E-state index contributed by atoms with van der Waals surface area (Å²) in [6.45, 7) is 6.32. The Hall–Kier alpha value is -1.59. The maximum absolute atomic E-state index is 11.9. The highest BCUT2D eigenvalue weighted by Crippen LogP contribution is 2.15. The molecule has 1 aliphatic heterocycles. The summed E-state index contributed by atoms with van der Waals surface area (Å²) < 4.78 is 12.6. The summed E-state index contributed by atoms with van der Waals surface area (Å²) in [4.78, 5) is 14.1. The number of ether oxygens (including phenoxy) is 1. The van der Waals surface area contributed by atoms with Crippen molar-refractivity contribution in [3.63, 3.8) is 0 Å². The van der Waals surface area contributed by atoms with Gasteiger partial charge in [-0.1, -0.05) is 12.1 Å². The van der Waals surface area contributed by atoms with E-state index >= 15 is 0 Å². The van der Waals surface area contributed by atoms with Gasteiger partial charge in [0.25, 0.3) is 0 Å². The second kappa shape index (κ2) is 4.83. The SMILES string of the molecule is C[C@@H]1CN(Cn2c(=O)oc3ccccc32)C[C@H](C)O1. The van der Waals surface area contributed by atoms with Crippen LogP contribution in [0.4, 0.5) is 0 Å². The number of hydrogen-bond donors (Lipinski definition) is 0. The Labute approximate surface area is 111 Å². The number of hydrogen-bond acceptors (Lipinski definition) is 4. The van der Waals surface area contributed by atoms with Gasteiger partial charge in [-0.25, -0.2) is 4.79 Å². The van der Waals surface area contributed by atoms with E-state index in [4.69, 9.17) is 9.15 Å². The number of morpholine rings is 1. The summed E-state index contributed by atoms with van der Waals surface area (Å²) in [5, 5.41) is 0. The van der Waals surface area contributed by atoms with Crippen molar-refractivity contribution < 1.29 is 9.15 Å². The number of oxazole rings is 1. The van der Waals surface area contributed by atoms with Crippen molar-refractivity contribution in [1.29, 1.82) is 0 Å². The fourth-order valence-electron chi connectivity index (χ4n) is 2.75. The molecule has 0 N–H and O–H groups in total. The first kappa shape index (κ1) is 12.4. The van der Waals surface area contributed by atoms with Crippen LogP contribution >= 0.6 is 0 Å². The Balaban J connectivity index is 1.89. The summed E-state index contributed by atoms with van der Waals surface area (Å²) in [5.74, 6) is -0.298. The number of para-hydroxylation sites is 2. The van der Waals surface area contributed by atoms with Crippen LogP contribution in [0.15, 0.2) is 33.5 Å². The lowest BCUT2D eigenvalue weighted by atomic mass is 10.2. The van der Waals surface area contributed by atoms with E-state index in [1.807, 2.05) is 24.3 Å². The minimum Gasteiger partial charge on any atom is -0.408 e. The van der Waals surface area contributed by atoms with E-state index in [0.29, 0.717) is 12.3 Å². The molecule has 0 aliphatic carbocycles. The second-order valence-corrected chi connectivity index (χ2v) is 5.20. The molecule has 102 valence electrons. The standard InChI is InChI=1S/C14H18N2O3/c1-10-7-15(8-11(2)18-10)9-16-12-5-3-4-6-13(12)19-14(16)17/h3-6,10-11H,7-9H2,1-2H3/t10-,11+. The van der Waals surface area contributed by atoms with Crippen LogP contribution in [0.2, 0.25) is 0 Å². The van der Waals surface area contributed by atoms with Gasteiger partial charge in [0.1, 0.15) is 0 Å². The molecule has 1 saturated heterocycles. The fourth-order valence-corrected chi connectivity index (χ4v) is 2.75. The van der Waals surface area contributed by atoms with Gasteiger partial charge >= 0.3 is 5.76 Å².